The number of pyridine rings is 1. The van der Waals surface area contributed by atoms with Gasteiger partial charge in [0.25, 0.3) is 0 Å². The Bertz CT molecular complexity index is 772. The molecule has 0 saturated heterocycles. The fourth-order valence-electron chi connectivity index (χ4n) is 3.18. The predicted octanol–water partition coefficient (Wildman–Crippen LogP) is 3.73. The molecular formula is C19H21N3S. The van der Waals surface area contributed by atoms with Crippen LogP contribution in [0.4, 0.5) is 0 Å². The third-order valence-electron chi connectivity index (χ3n) is 4.46. The van der Waals surface area contributed by atoms with Crippen LogP contribution in [0, 0.1) is 0 Å². The quantitative estimate of drug-likeness (QED) is 0.807. The van der Waals surface area contributed by atoms with Crippen molar-refractivity contribution in [3.8, 4) is 11.1 Å². The summed E-state index contributed by atoms with van der Waals surface area (Å²) in [7, 11) is 4.27. The Morgan fingerprint density at radius 1 is 1.22 bits per heavy atom. The van der Waals surface area contributed by atoms with Gasteiger partial charge in [0.1, 0.15) is 0 Å². The Morgan fingerprint density at radius 3 is 2.87 bits per heavy atom. The zero-order valence-electron chi connectivity index (χ0n) is 13.6. The summed E-state index contributed by atoms with van der Waals surface area (Å²) in [5.41, 5.74) is 8.07. The fourth-order valence-corrected chi connectivity index (χ4v) is 3.85. The number of nitrogens with zero attached hydrogens (tertiary/aromatic N) is 3. The number of thiophene rings is 1. The molecule has 0 spiro atoms. The van der Waals surface area contributed by atoms with E-state index in [0.29, 0.717) is 0 Å². The van der Waals surface area contributed by atoms with Crippen LogP contribution in [-0.4, -0.2) is 48.5 Å². The molecule has 3 nitrogen and oxygen atoms in total. The lowest BCUT2D eigenvalue weighted by atomic mass is 10.0. The molecule has 0 saturated carbocycles. The van der Waals surface area contributed by atoms with E-state index in [1.165, 1.54) is 40.0 Å². The Balaban J connectivity index is 1.48. The number of rotatable bonds is 6. The van der Waals surface area contributed by atoms with Crippen LogP contribution in [-0.2, 0) is 0 Å². The second-order valence-corrected chi connectivity index (χ2v) is 7.25. The van der Waals surface area contributed by atoms with Crippen molar-refractivity contribution in [3.63, 3.8) is 0 Å². The maximum absolute atomic E-state index is 4.47. The summed E-state index contributed by atoms with van der Waals surface area (Å²) < 4.78 is 0. The van der Waals surface area contributed by atoms with Crippen molar-refractivity contribution in [2.24, 2.45) is 0 Å². The average Bonchev–Trinajstić information content (AvgIpc) is 2.99. The number of hydrogen-bond donors (Lipinski definition) is 0. The van der Waals surface area contributed by atoms with E-state index in [0.717, 1.165) is 19.6 Å². The molecule has 0 unspecified atom stereocenters. The third-order valence-corrected chi connectivity index (χ3v) is 5.15. The molecule has 4 rings (SSSR count). The van der Waals surface area contributed by atoms with E-state index in [-0.39, 0.29) is 0 Å². The molecule has 0 fully saturated rings. The molecule has 0 N–H and O–H groups in total. The summed E-state index contributed by atoms with van der Waals surface area (Å²) in [6.07, 6.45) is 7.48. The second-order valence-electron chi connectivity index (χ2n) is 6.47. The molecule has 4 heteroatoms. The fraction of sp³-hybridized carbons (Fsp3) is 0.316. The van der Waals surface area contributed by atoms with E-state index < -0.39 is 0 Å². The predicted molar refractivity (Wildman–Crippen MR) is 97.3 cm³/mol. The monoisotopic (exact) mass is 323 g/mol. The van der Waals surface area contributed by atoms with Crippen LogP contribution >= 0.6 is 11.3 Å². The Labute approximate surface area is 141 Å². The van der Waals surface area contributed by atoms with Crippen LogP contribution in [0.25, 0.3) is 16.7 Å². The van der Waals surface area contributed by atoms with Crippen LogP contribution < -0.4 is 0 Å². The molecule has 2 aromatic rings. The highest BCUT2D eigenvalue weighted by atomic mass is 32.1. The van der Waals surface area contributed by atoms with Crippen molar-refractivity contribution in [3.05, 3.63) is 58.2 Å². The van der Waals surface area contributed by atoms with E-state index in [4.69, 9.17) is 0 Å². The van der Waals surface area contributed by atoms with Crippen LogP contribution in [0.5, 0.6) is 0 Å². The Kier molecular flexibility index (Phi) is 3.79. The summed E-state index contributed by atoms with van der Waals surface area (Å²) in [4.78, 5) is 9.23. The summed E-state index contributed by atoms with van der Waals surface area (Å²) in [5.74, 6) is 0. The summed E-state index contributed by atoms with van der Waals surface area (Å²) >= 11 is 1.73. The Hall–Kier alpha value is -1.91. The maximum Gasteiger partial charge on any atom is 0.0454 e. The normalized spacial score (nSPS) is 16.1. The topological polar surface area (TPSA) is 19.4 Å². The highest BCUT2D eigenvalue weighted by molar-refractivity contribution is 7.08. The zero-order valence-corrected chi connectivity index (χ0v) is 14.4. The van der Waals surface area contributed by atoms with Gasteiger partial charge < -0.3 is 9.80 Å². The zero-order chi connectivity index (χ0) is 15.8. The molecule has 118 valence electrons. The highest BCUT2D eigenvalue weighted by Gasteiger charge is 2.34. The van der Waals surface area contributed by atoms with Gasteiger partial charge in [-0.25, -0.2) is 0 Å². The molecule has 0 amide bonds. The molecule has 0 aromatic carbocycles. The van der Waals surface area contributed by atoms with E-state index in [1.807, 2.05) is 12.4 Å². The first-order chi connectivity index (χ1) is 11.2. The smallest absolute Gasteiger partial charge is 0.0454 e. The van der Waals surface area contributed by atoms with Gasteiger partial charge >= 0.3 is 0 Å². The summed E-state index contributed by atoms with van der Waals surface area (Å²) in [6.45, 7) is 3.31. The maximum atomic E-state index is 4.47. The van der Waals surface area contributed by atoms with Gasteiger partial charge in [0.05, 0.1) is 0 Å². The summed E-state index contributed by atoms with van der Waals surface area (Å²) in [6, 6.07) is 4.44. The van der Waals surface area contributed by atoms with Crippen molar-refractivity contribution >= 4 is 16.9 Å². The molecule has 1 aliphatic carbocycles. The van der Waals surface area contributed by atoms with Crippen molar-refractivity contribution < 1.29 is 0 Å². The van der Waals surface area contributed by atoms with Gasteiger partial charge in [0.15, 0.2) is 0 Å². The van der Waals surface area contributed by atoms with E-state index in [2.05, 4.69) is 57.8 Å². The molecule has 0 bridgehead atoms. The highest BCUT2D eigenvalue weighted by Crippen LogP contribution is 2.45. The number of allylic oxidation sites excluding steroid dienone is 2. The van der Waals surface area contributed by atoms with Crippen molar-refractivity contribution in [1.29, 1.82) is 0 Å². The van der Waals surface area contributed by atoms with Crippen molar-refractivity contribution in [2.45, 2.75) is 6.42 Å². The van der Waals surface area contributed by atoms with Gasteiger partial charge in [-0.3, -0.25) is 4.98 Å². The van der Waals surface area contributed by atoms with Gasteiger partial charge in [-0.15, -0.1) is 0 Å². The number of aromatic nitrogens is 1. The van der Waals surface area contributed by atoms with Gasteiger partial charge in [0, 0.05) is 42.3 Å². The van der Waals surface area contributed by atoms with E-state index >= 15 is 0 Å². The molecule has 3 heterocycles. The molecule has 2 aromatic heterocycles. The first-order valence-electron chi connectivity index (χ1n) is 8.05. The molecule has 23 heavy (non-hydrogen) atoms. The SMILES string of the molecule is CN(C)CCCN1CC(c2cncc(-c3ccsc3)c2)=C2C=C21. The third kappa shape index (κ3) is 2.96. The van der Waals surface area contributed by atoms with Gasteiger partial charge in [-0.1, -0.05) is 0 Å². The largest absolute Gasteiger partial charge is 0.367 e. The van der Waals surface area contributed by atoms with Crippen LogP contribution in [0.15, 0.2) is 52.6 Å². The first kappa shape index (κ1) is 14.7. The molecule has 0 atom stereocenters. The van der Waals surface area contributed by atoms with Gasteiger partial charge in [-0.2, -0.15) is 11.3 Å². The van der Waals surface area contributed by atoms with Gasteiger partial charge in [-0.05, 0) is 72.7 Å². The molecular weight excluding hydrogens is 302 g/mol. The van der Waals surface area contributed by atoms with E-state index in [1.54, 1.807) is 11.3 Å². The van der Waals surface area contributed by atoms with E-state index in [9.17, 15) is 0 Å². The van der Waals surface area contributed by atoms with Crippen molar-refractivity contribution in [2.75, 3.05) is 33.7 Å². The number of fused-ring (bicyclic) bond motifs is 1. The Morgan fingerprint density at radius 2 is 2.09 bits per heavy atom. The lowest BCUT2D eigenvalue weighted by Gasteiger charge is -2.20. The van der Waals surface area contributed by atoms with Crippen molar-refractivity contribution in [1.82, 2.24) is 14.8 Å². The lowest BCUT2D eigenvalue weighted by molar-refractivity contribution is 0.344. The van der Waals surface area contributed by atoms with Crippen LogP contribution in [0.2, 0.25) is 0 Å². The summed E-state index contributed by atoms with van der Waals surface area (Å²) in [5, 5.41) is 4.30. The minimum atomic E-state index is 1.03. The molecule has 2 aliphatic rings. The molecule has 1 aliphatic heterocycles. The van der Waals surface area contributed by atoms with Crippen LogP contribution in [0.3, 0.4) is 0 Å². The first-order valence-corrected chi connectivity index (χ1v) is 8.99. The molecule has 0 radical (unpaired) electrons. The second kappa shape index (κ2) is 5.95. The standard InChI is InChI=1S/C19H21N3S/c1-21(2)5-3-6-22-12-18(17-9-19(17)22)16-8-15(10-20-11-16)14-4-7-23-13-14/h4,7-11,13H,3,5-6,12H2,1-2H3. The average molecular weight is 323 g/mol. The lowest BCUT2D eigenvalue weighted by Crippen LogP contribution is -2.23. The minimum Gasteiger partial charge on any atom is -0.367 e. The minimum absolute atomic E-state index is 1.03. The number of hydrogen-bond acceptors (Lipinski definition) is 4. The van der Waals surface area contributed by atoms with Gasteiger partial charge in [0.2, 0.25) is 0 Å². The van der Waals surface area contributed by atoms with Crippen LogP contribution in [0.1, 0.15) is 12.0 Å².